The highest BCUT2D eigenvalue weighted by Crippen LogP contribution is 2.65. The summed E-state index contributed by atoms with van der Waals surface area (Å²) in [5, 5.41) is 20.2. The first-order chi connectivity index (χ1) is 13.1. The maximum Gasteiger partial charge on any atom is 0.300 e. The van der Waals surface area contributed by atoms with Crippen molar-refractivity contribution in [3.8, 4) is 0 Å². The molecule has 2 N–H and O–H groups in total. The average Bonchev–Trinajstić information content (AvgIpc) is 2.98. The van der Waals surface area contributed by atoms with E-state index in [0.29, 0.717) is 17.6 Å². The van der Waals surface area contributed by atoms with E-state index >= 15 is 0 Å². The van der Waals surface area contributed by atoms with Crippen molar-refractivity contribution in [2.45, 2.75) is 72.6 Å². The van der Waals surface area contributed by atoms with Gasteiger partial charge in [0.1, 0.15) is 0 Å². The zero-order chi connectivity index (χ0) is 20.7. The number of carbonyl (C=O) groups is 2. The van der Waals surface area contributed by atoms with Crippen LogP contribution in [-0.2, 0) is 9.59 Å². The van der Waals surface area contributed by atoms with E-state index in [1.54, 1.807) is 0 Å². The second kappa shape index (κ2) is 7.49. The first-order valence-electron chi connectivity index (χ1n) is 10.5. The van der Waals surface area contributed by atoms with Crippen LogP contribution in [0.2, 0.25) is 0 Å². The molecule has 0 unspecified atom stereocenters. The van der Waals surface area contributed by atoms with Crippen LogP contribution in [0.15, 0.2) is 28.5 Å². The Bertz CT molecular complexity index is 761. The number of carbonyl (C=O) groups excluding carboxylic acids is 1. The quantitative estimate of drug-likeness (QED) is 0.377. The van der Waals surface area contributed by atoms with Gasteiger partial charge in [-0.15, -0.1) is 0 Å². The van der Waals surface area contributed by atoms with Crippen LogP contribution >= 0.6 is 0 Å². The summed E-state index contributed by atoms with van der Waals surface area (Å²) in [5.74, 6) is 1.61. The third-order valence-electron chi connectivity index (χ3n) is 8.08. The van der Waals surface area contributed by atoms with Crippen LogP contribution in [0.25, 0.3) is 0 Å². The number of ketones is 1. The number of aliphatic carboxylic acids is 1. The molecule has 4 rings (SSSR count). The Balaban J connectivity index is 0.000000516. The van der Waals surface area contributed by atoms with Crippen LogP contribution in [0.1, 0.15) is 72.6 Å². The number of hydrogen-bond acceptors (Lipinski definition) is 4. The normalized spacial score (nSPS) is 39.5. The van der Waals surface area contributed by atoms with Crippen molar-refractivity contribution in [2.75, 3.05) is 0 Å². The molecule has 154 valence electrons. The maximum atomic E-state index is 11.9. The standard InChI is InChI=1S/C21H29NO2.C2H4O2/c1-13(22-24)17-6-7-18-16-5-4-14-12-15(23)8-10-20(14,2)19(16)9-11-21(17,18)3;1-2(3)4/h6,12,16,18-19,24H,4-5,7-11H2,1-3H3;1H3,(H,3,4)/b22-13+;/t16-,18-,19-,20-,21+;/m0./s1. The second-order valence-electron chi connectivity index (χ2n) is 9.48. The van der Waals surface area contributed by atoms with Gasteiger partial charge in [0.15, 0.2) is 5.78 Å². The molecule has 0 aromatic carbocycles. The van der Waals surface area contributed by atoms with Crippen molar-refractivity contribution in [2.24, 2.45) is 33.7 Å². The first kappa shape index (κ1) is 20.8. The van der Waals surface area contributed by atoms with Gasteiger partial charge in [-0.2, -0.15) is 0 Å². The topological polar surface area (TPSA) is 87.0 Å². The molecule has 4 aliphatic rings. The molecule has 0 aromatic rings. The molecular formula is C23H33NO4. The molecule has 0 aromatic heterocycles. The Morgan fingerprint density at radius 2 is 1.79 bits per heavy atom. The Labute approximate surface area is 167 Å². The monoisotopic (exact) mass is 387 g/mol. The number of allylic oxidation sites excluding steroid dienone is 4. The Morgan fingerprint density at radius 1 is 1.11 bits per heavy atom. The molecule has 4 aliphatic carbocycles. The summed E-state index contributed by atoms with van der Waals surface area (Å²) in [6, 6.07) is 0. The van der Waals surface area contributed by atoms with Gasteiger partial charge in [-0.05, 0) is 85.7 Å². The molecule has 0 heterocycles. The summed E-state index contributed by atoms with van der Waals surface area (Å²) in [5.41, 5.74) is 3.91. The number of fused-ring (bicyclic) bond motifs is 5. The van der Waals surface area contributed by atoms with Gasteiger partial charge in [0.05, 0.1) is 5.71 Å². The lowest BCUT2D eigenvalue weighted by molar-refractivity contribution is -0.134. The van der Waals surface area contributed by atoms with E-state index in [4.69, 9.17) is 9.90 Å². The maximum absolute atomic E-state index is 11.9. The van der Waals surface area contributed by atoms with E-state index < -0.39 is 5.97 Å². The lowest BCUT2D eigenvalue weighted by Crippen LogP contribution is -2.50. The Morgan fingerprint density at radius 3 is 2.43 bits per heavy atom. The highest BCUT2D eigenvalue weighted by molar-refractivity contribution is 5.99. The number of rotatable bonds is 1. The van der Waals surface area contributed by atoms with Crippen molar-refractivity contribution >= 4 is 17.5 Å². The molecule has 0 saturated heterocycles. The molecule has 0 amide bonds. The van der Waals surface area contributed by atoms with Gasteiger partial charge < -0.3 is 10.3 Å². The zero-order valence-electron chi connectivity index (χ0n) is 17.5. The lowest BCUT2D eigenvalue weighted by atomic mass is 9.47. The van der Waals surface area contributed by atoms with Gasteiger partial charge in [0.2, 0.25) is 0 Å². The average molecular weight is 388 g/mol. The van der Waals surface area contributed by atoms with Crippen molar-refractivity contribution in [1.29, 1.82) is 0 Å². The minimum Gasteiger partial charge on any atom is -0.481 e. The molecule has 2 saturated carbocycles. The third-order valence-corrected chi connectivity index (χ3v) is 8.08. The molecule has 0 radical (unpaired) electrons. The molecular weight excluding hydrogens is 354 g/mol. The second-order valence-corrected chi connectivity index (χ2v) is 9.48. The van der Waals surface area contributed by atoms with Crippen molar-refractivity contribution in [3.63, 3.8) is 0 Å². The summed E-state index contributed by atoms with van der Waals surface area (Å²) < 4.78 is 0. The van der Waals surface area contributed by atoms with Gasteiger partial charge in [0.25, 0.3) is 5.97 Å². The van der Waals surface area contributed by atoms with E-state index in [-0.39, 0.29) is 10.8 Å². The molecule has 5 heteroatoms. The van der Waals surface area contributed by atoms with Crippen molar-refractivity contribution < 1.29 is 19.9 Å². The fourth-order valence-electron chi connectivity index (χ4n) is 6.74. The minimum absolute atomic E-state index is 0.166. The van der Waals surface area contributed by atoms with Crippen LogP contribution in [0, 0.1) is 28.6 Å². The number of oxime groups is 1. The molecule has 5 atom stereocenters. The highest BCUT2D eigenvalue weighted by atomic mass is 16.4. The number of nitrogens with zero attached hydrogens (tertiary/aromatic N) is 1. The summed E-state index contributed by atoms with van der Waals surface area (Å²) in [6.07, 6.45) is 11.9. The van der Waals surface area contributed by atoms with Crippen molar-refractivity contribution in [3.05, 3.63) is 23.3 Å². The predicted octanol–water partition coefficient (Wildman–Crippen LogP) is 5.00. The van der Waals surface area contributed by atoms with Crippen LogP contribution in [-0.4, -0.2) is 27.8 Å². The van der Waals surface area contributed by atoms with Crippen molar-refractivity contribution in [1.82, 2.24) is 0 Å². The number of hydrogen-bond donors (Lipinski definition) is 2. The Hall–Kier alpha value is -1.91. The van der Waals surface area contributed by atoms with Crippen LogP contribution in [0.4, 0.5) is 0 Å². The molecule has 2 fully saturated rings. The fraction of sp³-hybridized carbons (Fsp3) is 0.696. The molecule has 0 aliphatic heterocycles. The predicted molar refractivity (Wildman–Crippen MR) is 108 cm³/mol. The fourth-order valence-corrected chi connectivity index (χ4v) is 6.74. The van der Waals surface area contributed by atoms with Gasteiger partial charge in [-0.3, -0.25) is 9.59 Å². The van der Waals surface area contributed by atoms with E-state index in [1.807, 2.05) is 13.0 Å². The summed E-state index contributed by atoms with van der Waals surface area (Å²) in [4.78, 5) is 20.9. The third kappa shape index (κ3) is 3.33. The smallest absolute Gasteiger partial charge is 0.300 e. The lowest BCUT2D eigenvalue weighted by Gasteiger charge is -2.57. The van der Waals surface area contributed by atoms with Gasteiger partial charge in [-0.1, -0.05) is 30.7 Å². The van der Waals surface area contributed by atoms with Crippen LogP contribution < -0.4 is 0 Å². The van der Waals surface area contributed by atoms with Crippen LogP contribution in [0.5, 0.6) is 0 Å². The molecule has 5 nitrogen and oxygen atoms in total. The summed E-state index contributed by atoms with van der Waals surface area (Å²) >= 11 is 0. The largest absolute Gasteiger partial charge is 0.481 e. The first-order valence-corrected chi connectivity index (χ1v) is 10.5. The zero-order valence-corrected chi connectivity index (χ0v) is 17.5. The number of carboxylic acid groups (broad SMARTS) is 1. The number of carboxylic acids is 1. The molecule has 28 heavy (non-hydrogen) atoms. The van der Waals surface area contributed by atoms with E-state index in [9.17, 15) is 10.0 Å². The molecule has 0 bridgehead atoms. The van der Waals surface area contributed by atoms with Gasteiger partial charge >= 0.3 is 0 Å². The van der Waals surface area contributed by atoms with E-state index in [0.717, 1.165) is 44.2 Å². The highest BCUT2D eigenvalue weighted by Gasteiger charge is 2.57. The van der Waals surface area contributed by atoms with E-state index in [2.05, 4.69) is 25.1 Å². The summed E-state index contributed by atoms with van der Waals surface area (Å²) in [7, 11) is 0. The van der Waals surface area contributed by atoms with Gasteiger partial charge in [0, 0.05) is 13.3 Å². The Kier molecular flexibility index (Phi) is 5.57. The summed E-state index contributed by atoms with van der Waals surface area (Å²) in [6.45, 7) is 7.83. The van der Waals surface area contributed by atoms with Gasteiger partial charge in [-0.25, -0.2) is 0 Å². The van der Waals surface area contributed by atoms with Crippen LogP contribution in [0.3, 0.4) is 0 Å². The SMILES string of the molecule is C/C(=N\O)C1=CC[C@H]2[C@@H]3CCC4=CC(=O)CC[C@]4(C)[C@H]3CC[C@]12C.CC(=O)O. The molecule has 0 spiro atoms. The van der Waals surface area contributed by atoms with E-state index in [1.165, 1.54) is 30.4 Å². The minimum atomic E-state index is -0.833.